The molecule has 7 heteroatoms. The van der Waals surface area contributed by atoms with Crippen LogP contribution in [0.15, 0.2) is 48.5 Å². The van der Waals surface area contributed by atoms with Crippen LogP contribution in [0, 0.1) is 0 Å². The molecule has 0 radical (unpaired) electrons. The SMILES string of the molecule is C[C@@H]1CN(Cc2ccccc2)C[C@@H]2c3ccc(N[C@H]4CN(C(=O)OC(C)(C)C)C[C@H]4F)cc3CN12. The number of benzene rings is 2. The van der Waals surface area contributed by atoms with E-state index in [0.29, 0.717) is 18.6 Å². The molecule has 6 nitrogen and oxygen atoms in total. The zero-order valence-electron chi connectivity index (χ0n) is 21.2. The number of ether oxygens (including phenoxy) is 1. The minimum Gasteiger partial charge on any atom is -0.444 e. The first-order valence-electron chi connectivity index (χ1n) is 12.7. The minimum absolute atomic E-state index is 0.0577. The third kappa shape index (κ3) is 5.31. The number of carbonyl (C=O) groups is 1. The van der Waals surface area contributed by atoms with Gasteiger partial charge in [-0.15, -0.1) is 0 Å². The van der Waals surface area contributed by atoms with E-state index in [1.54, 1.807) is 0 Å². The Morgan fingerprint density at radius 3 is 2.60 bits per heavy atom. The number of likely N-dealkylation sites (tertiary alicyclic amines) is 1. The first-order valence-corrected chi connectivity index (χ1v) is 12.7. The van der Waals surface area contributed by atoms with Gasteiger partial charge in [0, 0.05) is 50.5 Å². The van der Waals surface area contributed by atoms with Gasteiger partial charge in [0.25, 0.3) is 0 Å². The van der Waals surface area contributed by atoms with E-state index in [4.69, 9.17) is 4.74 Å². The summed E-state index contributed by atoms with van der Waals surface area (Å²) in [7, 11) is 0. The van der Waals surface area contributed by atoms with Crippen molar-refractivity contribution >= 4 is 11.8 Å². The van der Waals surface area contributed by atoms with Crippen molar-refractivity contribution in [3.63, 3.8) is 0 Å². The van der Waals surface area contributed by atoms with Gasteiger partial charge in [-0.1, -0.05) is 36.4 Å². The predicted octanol–water partition coefficient (Wildman–Crippen LogP) is 4.82. The summed E-state index contributed by atoms with van der Waals surface area (Å²) in [6, 6.07) is 17.5. The van der Waals surface area contributed by atoms with E-state index in [-0.39, 0.29) is 6.54 Å². The van der Waals surface area contributed by atoms with Crippen molar-refractivity contribution in [1.82, 2.24) is 14.7 Å². The molecule has 2 saturated heterocycles. The number of rotatable bonds is 4. The summed E-state index contributed by atoms with van der Waals surface area (Å²) in [6.45, 7) is 12.1. The van der Waals surface area contributed by atoms with Crippen LogP contribution >= 0.6 is 0 Å². The number of amides is 1. The lowest BCUT2D eigenvalue weighted by Crippen LogP contribution is -2.50. The molecule has 1 amide bonds. The van der Waals surface area contributed by atoms with Crippen LogP contribution in [0.4, 0.5) is 14.9 Å². The summed E-state index contributed by atoms with van der Waals surface area (Å²) >= 11 is 0. The molecule has 35 heavy (non-hydrogen) atoms. The van der Waals surface area contributed by atoms with Gasteiger partial charge < -0.3 is 15.0 Å². The molecule has 0 bridgehead atoms. The fourth-order valence-electron chi connectivity index (χ4n) is 5.67. The van der Waals surface area contributed by atoms with Gasteiger partial charge in [0.15, 0.2) is 0 Å². The maximum Gasteiger partial charge on any atom is 0.410 e. The van der Waals surface area contributed by atoms with Crippen LogP contribution in [0.5, 0.6) is 0 Å². The molecule has 0 aromatic heterocycles. The molecule has 3 aliphatic heterocycles. The topological polar surface area (TPSA) is 48.1 Å². The van der Waals surface area contributed by atoms with Gasteiger partial charge in [0.1, 0.15) is 11.8 Å². The number of anilines is 1. The standard InChI is InChI=1S/C28H37FN4O2/c1-19-13-31(14-20-8-6-5-7-9-20)18-26-23-11-10-22(12-21(23)15-33(19)26)30-25-17-32(16-24(25)29)27(34)35-28(2,3)4/h5-12,19,24-26,30H,13-18H2,1-4H3/t19-,24-,25+,26-/m1/s1. The third-order valence-corrected chi connectivity index (χ3v) is 7.28. The molecule has 0 saturated carbocycles. The first kappa shape index (κ1) is 24.1. The number of carbonyl (C=O) groups excluding carboxylic acids is 1. The van der Waals surface area contributed by atoms with E-state index < -0.39 is 23.9 Å². The Bertz CT molecular complexity index is 1060. The number of piperazine rings is 1. The number of alkyl halides is 1. The Morgan fingerprint density at radius 2 is 1.86 bits per heavy atom. The van der Waals surface area contributed by atoms with Gasteiger partial charge in [0.2, 0.25) is 0 Å². The molecule has 0 aliphatic carbocycles. The molecule has 5 rings (SSSR count). The Morgan fingerprint density at radius 1 is 1.09 bits per heavy atom. The lowest BCUT2D eigenvalue weighted by molar-refractivity contribution is 0.0283. The molecule has 2 aromatic rings. The molecule has 188 valence electrons. The smallest absolute Gasteiger partial charge is 0.410 e. The lowest BCUT2D eigenvalue weighted by Gasteiger charge is -2.42. The van der Waals surface area contributed by atoms with Crippen molar-refractivity contribution in [1.29, 1.82) is 0 Å². The van der Waals surface area contributed by atoms with Gasteiger partial charge in [0.05, 0.1) is 12.6 Å². The number of halogens is 1. The Labute approximate surface area is 208 Å². The Hall–Kier alpha value is -2.64. The maximum absolute atomic E-state index is 14.8. The summed E-state index contributed by atoms with van der Waals surface area (Å²) in [5.74, 6) is 0. The number of nitrogens with zero attached hydrogens (tertiary/aromatic N) is 3. The van der Waals surface area contributed by atoms with Crippen LogP contribution in [-0.2, 0) is 17.8 Å². The van der Waals surface area contributed by atoms with Crippen LogP contribution in [0.25, 0.3) is 0 Å². The second-order valence-corrected chi connectivity index (χ2v) is 11.3. The fraction of sp³-hybridized carbons (Fsp3) is 0.536. The summed E-state index contributed by atoms with van der Waals surface area (Å²) in [5.41, 5.74) is 4.36. The summed E-state index contributed by atoms with van der Waals surface area (Å²) < 4.78 is 20.2. The first-order chi connectivity index (χ1) is 16.7. The van der Waals surface area contributed by atoms with Gasteiger partial charge in [-0.2, -0.15) is 0 Å². The highest BCUT2D eigenvalue weighted by Gasteiger charge is 2.40. The van der Waals surface area contributed by atoms with E-state index in [1.807, 2.05) is 20.8 Å². The average Bonchev–Trinajstić information content (AvgIpc) is 3.34. The quantitative estimate of drug-likeness (QED) is 0.680. The maximum atomic E-state index is 14.8. The second-order valence-electron chi connectivity index (χ2n) is 11.3. The Balaban J connectivity index is 1.24. The minimum atomic E-state index is -1.13. The second kappa shape index (κ2) is 9.43. The van der Waals surface area contributed by atoms with Gasteiger partial charge in [-0.3, -0.25) is 9.80 Å². The van der Waals surface area contributed by atoms with Crippen LogP contribution in [0.1, 0.15) is 50.4 Å². The summed E-state index contributed by atoms with van der Waals surface area (Å²) in [6.07, 6.45) is -1.59. The predicted molar refractivity (Wildman–Crippen MR) is 136 cm³/mol. The highest BCUT2D eigenvalue weighted by molar-refractivity contribution is 5.69. The molecule has 3 heterocycles. The van der Waals surface area contributed by atoms with Gasteiger partial charge >= 0.3 is 6.09 Å². The van der Waals surface area contributed by atoms with E-state index in [9.17, 15) is 9.18 Å². The Kier molecular flexibility index (Phi) is 6.49. The van der Waals surface area contributed by atoms with Crippen molar-refractivity contribution in [3.05, 3.63) is 65.2 Å². The van der Waals surface area contributed by atoms with Crippen molar-refractivity contribution in [2.24, 2.45) is 0 Å². The number of hydrogen-bond acceptors (Lipinski definition) is 5. The van der Waals surface area contributed by atoms with E-state index in [1.165, 1.54) is 21.6 Å². The van der Waals surface area contributed by atoms with Crippen molar-refractivity contribution in [3.8, 4) is 0 Å². The molecule has 2 fully saturated rings. The van der Waals surface area contributed by atoms with Gasteiger partial charge in [-0.25, -0.2) is 9.18 Å². The molecule has 0 spiro atoms. The average molecular weight is 481 g/mol. The summed E-state index contributed by atoms with van der Waals surface area (Å²) in [4.78, 5) is 19.0. The molecule has 3 aliphatic rings. The van der Waals surface area contributed by atoms with E-state index in [0.717, 1.165) is 31.9 Å². The normalized spacial score (nSPS) is 26.9. The van der Waals surface area contributed by atoms with E-state index in [2.05, 4.69) is 70.6 Å². The fourth-order valence-corrected chi connectivity index (χ4v) is 5.67. The van der Waals surface area contributed by atoms with Gasteiger partial charge in [-0.05, 0) is 56.5 Å². The largest absolute Gasteiger partial charge is 0.444 e. The number of fused-ring (bicyclic) bond motifs is 3. The molecule has 1 N–H and O–H groups in total. The highest BCUT2D eigenvalue weighted by Crippen LogP contribution is 2.40. The van der Waals surface area contributed by atoms with Crippen LogP contribution in [0.3, 0.4) is 0 Å². The third-order valence-electron chi connectivity index (χ3n) is 7.28. The molecule has 4 atom stereocenters. The monoisotopic (exact) mass is 480 g/mol. The van der Waals surface area contributed by atoms with Crippen molar-refractivity contribution in [2.75, 3.05) is 31.5 Å². The van der Waals surface area contributed by atoms with E-state index >= 15 is 0 Å². The van der Waals surface area contributed by atoms with Crippen LogP contribution < -0.4 is 5.32 Å². The zero-order chi connectivity index (χ0) is 24.7. The van der Waals surface area contributed by atoms with Crippen molar-refractivity contribution in [2.45, 2.75) is 70.7 Å². The molecule has 2 aromatic carbocycles. The molecule has 0 unspecified atom stereocenters. The highest BCUT2D eigenvalue weighted by atomic mass is 19.1. The summed E-state index contributed by atoms with van der Waals surface area (Å²) in [5, 5.41) is 3.35. The lowest BCUT2D eigenvalue weighted by atomic mass is 10.0. The van der Waals surface area contributed by atoms with Crippen LogP contribution in [0.2, 0.25) is 0 Å². The number of nitrogens with one attached hydrogen (secondary N) is 1. The number of hydrogen-bond donors (Lipinski definition) is 1. The zero-order valence-corrected chi connectivity index (χ0v) is 21.2. The van der Waals surface area contributed by atoms with Crippen LogP contribution in [-0.4, -0.2) is 70.8 Å². The van der Waals surface area contributed by atoms with Crippen molar-refractivity contribution < 1.29 is 13.9 Å². The molecular weight excluding hydrogens is 443 g/mol. The molecular formula is C28H37FN4O2.